The zero-order chi connectivity index (χ0) is 11.8. The number of carbonyl (C=O) groups excluding carboxylic acids is 3. The van der Waals surface area contributed by atoms with Gasteiger partial charge in [0.2, 0.25) is 5.91 Å². The van der Waals surface area contributed by atoms with Gasteiger partial charge in [-0.15, -0.1) is 0 Å². The van der Waals surface area contributed by atoms with Gasteiger partial charge in [0.05, 0.1) is 20.1 Å². The number of nitrogens with two attached hydrogens (primary N) is 1. The van der Waals surface area contributed by atoms with E-state index in [1.54, 1.807) is 11.9 Å². The van der Waals surface area contributed by atoms with Gasteiger partial charge in [-0.05, 0) is 7.05 Å². The first-order valence-corrected chi connectivity index (χ1v) is 4.30. The quantitative estimate of drug-likeness (QED) is 0.556. The van der Waals surface area contributed by atoms with Crippen LogP contribution in [0.25, 0.3) is 0 Å². The minimum absolute atomic E-state index is 0.0000652. The van der Waals surface area contributed by atoms with E-state index in [0.29, 0.717) is 6.54 Å². The molecule has 0 unspecified atom stereocenters. The Bertz CT molecular complexity index is 254. The Labute approximate surface area is 87.5 Å². The number of imide groups is 1. The number of urea groups is 1. The Morgan fingerprint density at radius 3 is 2.47 bits per heavy atom. The number of amides is 3. The van der Waals surface area contributed by atoms with E-state index in [1.807, 2.05) is 5.32 Å². The molecule has 0 aliphatic rings. The molecule has 0 bridgehead atoms. The van der Waals surface area contributed by atoms with Gasteiger partial charge in [0.25, 0.3) is 0 Å². The molecule has 0 aromatic rings. The fourth-order valence-electron chi connectivity index (χ4n) is 0.885. The molecular weight excluding hydrogens is 202 g/mol. The lowest BCUT2D eigenvalue weighted by atomic mass is 10.4. The van der Waals surface area contributed by atoms with Crippen LogP contribution in [0.1, 0.15) is 6.42 Å². The van der Waals surface area contributed by atoms with Gasteiger partial charge in [-0.2, -0.15) is 0 Å². The predicted molar refractivity (Wildman–Crippen MR) is 51.9 cm³/mol. The summed E-state index contributed by atoms with van der Waals surface area (Å²) >= 11 is 0. The third-order valence-corrected chi connectivity index (χ3v) is 1.60. The largest absolute Gasteiger partial charge is 0.469 e. The first-order chi connectivity index (χ1) is 6.95. The summed E-state index contributed by atoms with van der Waals surface area (Å²) in [6.07, 6.45) is 0.191. The molecular formula is C8H15N3O4. The van der Waals surface area contributed by atoms with E-state index in [0.717, 1.165) is 0 Å². The highest BCUT2D eigenvalue weighted by Crippen LogP contribution is 1.89. The summed E-state index contributed by atoms with van der Waals surface area (Å²) in [5.74, 6) is -0.855. The van der Waals surface area contributed by atoms with E-state index >= 15 is 0 Å². The van der Waals surface area contributed by atoms with E-state index in [9.17, 15) is 14.4 Å². The number of methoxy groups -OCH3 is 1. The molecule has 0 aliphatic heterocycles. The van der Waals surface area contributed by atoms with E-state index < -0.39 is 11.9 Å². The molecule has 0 saturated carbocycles. The first-order valence-electron chi connectivity index (χ1n) is 4.30. The van der Waals surface area contributed by atoms with Crippen LogP contribution in [0.4, 0.5) is 4.79 Å². The molecule has 0 atom stereocenters. The van der Waals surface area contributed by atoms with E-state index in [2.05, 4.69) is 4.74 Å². The number of esters is 1. The molecule has 0 spiro atoms. The first kappa shape index (κ1) is 13.4. The SMILES string of the molecule is COC(=O)CCN(C)CC(=O)NC(N)=O. The molecule has 0 saturated heterocycles. The Morgan fingerprint density at radius 1 is 1.40 bits per heavy atom. The monoisotopic (exact) mass is 217 g/mol. The number of likely N-dealkylation sites (N-methyl/N-ethyl adjacent to an activating group) is 1. The molecule has 15 heavy (non-hydrogen) atoms. The maximum absolute atomic E-state index is 11.0. The number of hydrogen-bond acceptors (Lipinski definition) is 5. The fourth-order valence-corrected chi connectivity index (χ4v) is 0.885. The van der Waals surface area contributed by atoms with Gasteiger partial charge in [-0.1, -0.05) is 0 Å². The van der Waals surface area contributed by atoms with Gasteiger partial charge in [0.1, 0.15) is 0 Å². The Hall–Kier alpha value is -1.63. The molecule has 7 nitrogen and oxygen atoms in total. The van der Waals surface area contributed by atoms with Crippen LogP contribution in [-0.4, -0.2) is 50.1 Å². The molecule has 0 fully saturated rings. The average molecular weight is 217 g/mol. The van der Waals surface area contributed by atoms with Crippen molar-refractivity contribution in [2.24, 2.45) is 5.73 Å². The predicted octanol–water partition coefficient (Wildman–Crippen LogP) is -1.32. The number of ether oxygens (including phenoxy) is 1. The van der Waals surface area contributed by atoms with Crippen molar-refractivity contribution < 1.29 is 19.1 Å². The van der Waals surface area contributed by atoms with Crippen LogP contribution in [0.15, 0.2) is 0 Å². The number of carbonyl (C=O) groups is 3. The standard InChI is InChI=1S/C8H15N3O4/c1-11(4-3-7(13)15-2)5-6(12)10-8(9)14/h3-5H2,1-2H3,(H3,9,10,12,14). The number of nitrogens with one attached hydrogen (secondary N) is 1. The summed E-state index contributed by atoms with van der Waals surface area (Å²) in [5, 5.41) is 1.92. The molecule has 7 heteroatoms. The summed E-state index contributed by atoms with van der Waals surface area (Å²) in [7, 11) is 2.94. The molecule has 0 heterocycles. The van der Waals surface area contributed by atoms with Crippen LogP contribution in [0, 0.1) is 0 Å². The van der Waals surface area contributed by atoms with Gasteiger partial charge < -0.3 is 10.5 Å². The van der Waals surface area contributed by atoms with E-state index in [-0.39, 0.29) is 18.9 Å². The normalized spacial score (nSPS) is 9.80. The van der Waals surface area contributed by atoms with Gasteiger partial charge in [0, 0.05) is 6.54 Å². The highest BCUT2D eigenvalue weighted by atomic mass is 16.5. The Balaban J connectivity index is 3.73. The van der Waals surface area contributed by atoms with Crippen molar-refractivity contribution in [1.29, 1.82) is 0 Å². The number of primary amides is 1. The molecule has 0 aromatic heterocycles. The average Bonchev–Trinajstić information content (AvgIpc) is 2.12. The summed E-state index contributed by atoms with van der Waals surface area (Å²) in [6, 6.07) is -0.888. The van der Waals surface area contributed by atoms with Gasteiger partial charge in [-0.3, -0.25) is 19.8 Å². The van der Waals surface area contributed by atoms with Crippen LogP contribution in [0.3, 0.4) is 0 Å². The molecule has 0 rings (SSSR count). The molecule has 3 N–H and O–H groups in total. The van der Waals surface area contributed by atoms with Crippen LogP contribution in [-0.2, 0) is 14.3 Å². The molecule has 3 amide bonds. The molecule has 0 radical (unpaired) electrons. The van der Waals surface area contributed by atoms with Crippen LogP contribution < -0.4 is 11.1 Å². The van der Waals surface area contributed by atoms with Crippen molar-refractivity contribution >= 4 is 17.9 Å². The van der Waals surface area contributed by atoms with Crippen LogP contribution >= 0.6 is 0 Å². The molecule has 86 valence electrons. The van der Waals surface area contributed by atoms with Crippen LogP contribution in [0.2, 0.25) is 0 Å². The number of nitrogens with zero attached hydrogens (tertiary/aromatic N) is 1. The maximum Gasteiger partial charge on any atom is 0.318 e. The van der Waals surface area contributed by atoms with E-state index in [1.165, 1.54) is 7.11 Å². The topological polar surface area (TPSA) is 102 Å². The van der Waals surface area contributed by atoms with E-state index in [4.69, 9.17) is 5.73 Å². The minimum atomic E-state index is -0.888. The fraction of sp³-hybridized carbons (Fsp3) is 0.625. The van der Waals surface area contributed by atoms with Gasteiger partial charge in [-0.25, -0.2) is 4.79 Å². The van der Waals surface area contributed by atoms with Crippen molar-refractivity contribution in [2.75, 3.05) is 27.2 Å². The minimum Gasteiger partial charge on any atom is -0.469 e. The zero-order valence-electron chi connectivity index (χ0n) is 8.78. The van der Waals surface area contributed by atoms with Crippen molar-refractivity contribution in [2.45, 2.75) is 6.42 Å². The van der Waals surface area contributed by atoms with Gasteiger partial charge >= 0.3 is 12.0 Å². The smallest absolute Gasteiger partial charge is 0.318 e. The lowest BCUT2D eigenvalue weighted by Crippen LogP contribution is -2.41. The lowest BCUT2D eigenvalue weighted by Gasteiger charge is -2.14. The van der Waals surface area contributed by atoms with Crippen LogP contribution in [0.5, 0.6) is 0 Å². The lowest BCUT2D eigenvalue weighted by molar-refractivity contribution is -0.141. The molecule has 0 aliphatic carbocycles. The molecule has 0 aromatic carbocycles. The maximum atomic E-state index is 11.0. The van der Waals surface area contributed by atoms with Gasteiger partial charge in [0.15, 0.2) is 0 Å². The second-order valence-corrected chi connectivity index (χ2v) is 2.98. The Morgan fingerprint density at radius 2 is 2.00 bits per heavy atom. The highest BCUT2D eigenvalue weighted by Gasteiger charge is 2.09. The third-order valence-electron chi connectivity index (χ3n) is 1.60. The Kier molecular flexibility index (Phi) is 6.03. The van der Waals surface area contributed by atoms with Crippen molar-refractivity contribution in [3.05, 3.63) is 0 Å². The number of hydrogen-bond donors (Lipinski definition) is 2. The second kappa shape index (κ2) is 6.77. The summed E-state index contributed by atoms with van der Waals surface area (Å²) in [4.78, 5) is 33.6. The summed E-state index contributed by atoms with van der Waals surface area (Å²) in [5.41, 5.74) is 4.75. The summed E-state index contributed by atoms with van der Waals surface area (Å²) in [6.45, 7) is 0.374. The second-order valence-electron chi connectivity index (χ2n) is 2.98. The van der Waals surface area contributed by atoms with Crippen molar-refractivity contribution in [3.63, 3.8) is 0 Å². The summed E-state index contributed by atoms with van der Waals surface area (Å²) < 4.78 is 4.43. The highest BCUT2D eigenvalue weighted by molar-refractivity contribution is 5.94. The zero-order valence-corrected chi connectivity index (χ0v) is 8.78. The van der Waals surface area contributed by atoms with Crippen molar-refractivity contribution in [3.8, 4) is 0 Å². The number of rotatable bonds is 5. The van der Waals surface area contributed by atoms with Crippen molar-refractivity contribution in [1.82, 2.24) is 10.2 Å². The third kappa shape index (κ3) is 7.44.